The molecule has 0 aliphatic heterocycles. The fourth-order valence-electron chi connectivity index (χ4n) is 6.40. The van der Waals surface area contributed by atoms with E-state index in [1.165, 1.54) is 77.2 Å². The predicted molar refractivity (Wildman–Crippen MR) is 226 cm³/mol. The number of carbonyl (C=O) groups excluding carboxylic acids is 2. The first kappa shape index (κ1) is 40.2. The predicted octanol–water partition coefficient (Wildman–Crippen LogP) is 11.8. The Morgan fingerprint density at radius 3 is 1.22 bits per heavy atom. The normalized spacial score (nSPS) is 9.93. The van der Waals surface area contributed by atoms with E-state index in [2.05, 4.69) is 194 Å². The zero-order valence-electron chi connectivity index (χ0n) is 30.0. The second-order valence-corrected chi connectivity index (χ2v) is 16.0. The second-order valence-electron chi connectivity index (χ2n) is 12.3. The van der Waals surface area contributed by atoms with Crippen LogP contribution < -0.4 is 10.5 Å². The first-order chi connectivity index (χ1) is 26.5. The van der Waals surface area contributed by atoms with E-state index in [1.807, 2.05) is 0 Å². The molecule has 0 aliphatic rings. The van der Waals surface area contributed by atoms with Crippen LogP contribution in [0.3, 0.4) is 0 Å². The van der Waals surface area contributed by atoms with Gasteiger partial charge in [-0.15, -0.1) is 69.1 Å². The molecule has 2 N–H and O–H groups in total. The second kappa shape index (κ2) is 21.0. The van der Waals surface area contributed by atoms with E-state index < -0.39 is 20.8 Å². The van der Waals surface area contributed by atoms with E-state index in [1.54, 1.807) is 0 Å². The van der Waals surface area contributed by atoms with Crippen LogP contribution in [0.25, 0.3) is 66.1 Å². The molecule has 0 aliphatic carbocycles. The van der Waals surface area contributed by atoms with E-state index in [0.29, 0.717) is 12.8 Å². The molecule has 0 unspecified atom stereocenters. The number of nitrogens with one attached hydrogen (secondary N) is 2. The van der Waals surface area contributed by atoms with E-state index in [9.17, 15) is 9.59 Å². The number of carbonyl (C=O) groups is 2. The number of hydrogen-bond acceptors (Lipinski definition) is 2. The van der Waals surface area contributed by atoms with Crippen molar-refractivity contribution in [3.8, 4) is 44.5 Å². The monoisotopic (exact) mass is 821 g/mol. The summed E-state index contributed by atoms with van der Waals surface area (Å²) in [7, 11) is 11.0. The maximum atomic E-state index is 9.38. The van der Waals surface area contributed by atoms with Gasteiger partial charge in [-0.25, -0.2) is 0 Å². The Kier molecular flexibility index (Phi) is 15.7. The summed E-state index contributed by atoms with van der Waals surface area (Å²) >= 11 is -0.826. The van der Waals surface area contributed by atoms with Crippen LogP contribution >= 0.6 is 17.0 Å². The van der Waals surface area contributed by atoms with Crippen molar-refractivity contribution in [2.24, 2.45) is 0 Å². The van der Waals surface area contributed by atoms with Crippen molar-refractivity contribution in [3.63, 3.8) is 0 Å². The van der Waals surface area contributed by atoms with E-state index >= 15 is 0 Å². The van der Waals surface area contributed by atoms with Crippen molar-refractivity contribution in [1.29, 1.82) is 0 Å². The maximum absolute atomic E-state index is 9.38. The van der Waals surface area contributed by atoms with Crippen molar-refractivity contribution in [2.75, 3.05) is 0 Å². The quantitative estimate of drug-likeness (QED) is 0.0694. The molecule has 8 aromatic carbocycles. The molecule has 0 spiro atoms. The summed E-state index contributed by atoms with van der Waals surface area (Å²) in [6.45, 7) is 4.35. The van der Waals surface area contributed by atoms with Crippen LogP contribution in [-0.4, -0.2) is 20.4 Å². The third-order valence-corrected chi connectivity index (χ3v) is 8.89. The first-order valence-corrected chi connectivity index (χ1v) is 23.6. The third kappa shape index (κ3) is 10.6. The van der Waals surface area contributed by atoms with Gasteiger partial charge in [-0.3, -0.25) is 9.59 Å². The fourth-order valence-corrected chi connectivity index (χ4v) is 6.40. The van der Waals surface area contributed by atoms with E-state index in [-0.39, 0.29) is 0 Å². The Morgan fingerprint density at radius 1 is 0.500 bits per heavy atom. The standard InChI is InChI=1S/2C22H17.C2H4BN2O2.2ClH.Zr/c2*1-16-8-5-6-12-20(16)21-13-7-11-18-14-19(15-22(18)21)17-9-3-2-4-10-17;6-1-4-3-5-2-7;;;/h2*2-15H,1H3;1-2H,(H,4,6)(H,5,7);2*1H;/q2*-1;;;;+4/p-2. The van der Waals surface area contributed by atoms with Gasteiger partial charge in [-0.1, -0.05) is 156 Å². The topological polar surface area (TPSA) is 58.2 Å². The first-order valence-electron chi connectivity index (χ1n) is 17.3. The molecule has 2 amide bonds. The molecule has 0 bridgehead atoms. The number of fused-ring (bicyclic) bond motifs is 2. The molecule has 0 saturated carbocycles. The molecule has 0 fully saturated rings. The zero-order valence-corrected chi connectivity index (χ0v) is 33.9. The molecular weight excluding hydrogens is 785 g/mol. The van der Waals surface area contributed by atoms with E-state index in [4.69, 9.17) is 17.0 Å². The molecule has 265 valence electrons. The third-order valence-electron chi connectivity index (χ3n) is 8.89. The summed E-state index contributed by atoms with van der Waals surface area (Å²) < 4.78 is 0. The molecular formula is C46H38BCl2N2O2Zr. The van der Waals surface area contributed by atoms with Gasteiger partial charge < -0.3 is 10.5 Å². The summed E-state index contributed by atoms with van der Waals surface area (Å²) in [5, 5.41) is 9.47. The van der Waals surface area contributed by atoms with Crippen LogP contribution in [0.15, 0.2) is 170 Å². The Labute approximate surface area is 336 Å². The summed E-state index contributed by atoms with van der Waals surface area (Å²) in [6.07, 6.45) is 0.910. The van der Waals surface area contributed by atoms with Gasteiger partial charge in [0.15, 0.2) is 12.8 Å². The minimum absolute atomic E-state index is 0.455. The van der Waals surface area contributed by atoms with Crippen molar-refractivity contribution in [2.45, 2.75) is 13.8 Å². The number of amides is 2. The van der Waals surface area contributed by atoms with Gasteiger partial charge in [0.25, 0.3) is 0 Å². The zero-order chi connectivity index (χ0) is 38.1. The summed E-state index contributed by atoms with van der Waals surface area (Å²) in [4.78, 5) is 18.8. The summed E-state index contributed by atoms with van der Waals surface area (Å²) in [5.74, 6) is 0. The average Bonchev–Trinajstić information content (AvgIpc) is 3.86. The van der Waals surface area contributed by atoms with Gasteiger partial charge >= 0.3 is 45.4 Å². The Hall–Kier alpha value is -4.99. The molecule has 0 saturated heterocycles. The molecule has 0 atom stereocenters. The van der Waals surface area contributed by atoms with Gasteiger partial charge in [0.1, 0.15) is 0 Å². The number of hydrogen-bond donors (Lipinski definition) is 2. The minimum atomic E-state index is -0.826. The molecule has 8 heteroatoms. The van der Waals surface area contributed by atoms with Crippen LogP contribution in [0, 0.1) is 13.8 Å². The van der Waals surface area contributed by atoms with Crippen molar-refractivity contribution >= 4 is 58.9 Å². The summed E-state index contributed by atoms with van der Waals surface area (Å²) in [6, 6.07) is 60.7. The van der Waals surface area contributed by atoms with Crippen molar-refractivity contribution in [1.82, 2.24) is 10.5 Å². The number of benzene rings is 6. The molecule has 0 heterocycles. The van der Waals surface area contributed by atoms with Crippen LogP contribution in [0.2, 0.25) is 0 Å². The Balaban J connectivity index is 0.000000167. The molecule has 54 heavy (non-hydrogen) atoms. The molecule has 8 aromatic rings. The molecule has 8 rings (SSSR count). The SMILES string of the molecule is Cc1ccccc1-c1cccc2[cH-]c(-c3ccccc3)cc12.Cc1ccccc1-c1cccc2[cH-]c(-c3ccccc3)cc12.O=CN[B]NC=O.[Cl][Zr+2][Cl]. The molecule has 0 aromatic heterocycles. The van der Waals surface area contributed by atoms with Gasteiger partial charge in [-0.05, 0) is 36.1 Å². The van der Waals surface area contributed by atoms with Gasteiger partial charge in [-0.2, -0.15) is 0 Å². The molecule has 1 radical (unpaired) electrons. The van der Waals surface area contributed by atoms with Crippen LogP contribution in [0.4, 0.5) is 0 Å². The number of aryl methyl sites for hydroxylation is 2. The van der Waals surface area contributed by atoms with Crippen LogP contribution in [-0.2, 0) is 30.4 Å². The van der Waals surface area contributed by atoms with Gasteiger partial charge in [0.2, 0.25) is 0 Å². The molecule has 4 nitrogen and oxygen atoms in total. The fraction of sp³-hybridized carbons (Fsp3) is 0.0435. The summed E-state index contributed by atoms with van der Waals surface area (Å²) in [5.41, 5.74) is 13.0. The number of rotatable bonds is 8. The number of halogens is 2. The van der Waals surface area contributed by atoms with Crippen LogP contribution in [0.1, 0.15) is 11.1 Å². The van der Waals surface area contributed by atoms with Gasteiger partial charge in [0.05, 0.1) is 0 Å². The van der Waals surface area contributed by atoms with E-state index in [0.717, 1.165) is 7.55 Å². The average molecular weight is 824 g/mol. The Morgan fingerprint density at radius 2 is 0.852 bits per heavy atom. The van der Waals surface area contributed by atoms with Crippen molar-refractivity contribution in [3.05, 3.63) is 181 Å². The van der Waals surface area contributed by atoms with Crippen LogP contribution in [0.5, 0.6) is 0 Å². The Bertz CT molecular complexity index is 2230. The van der Waals surface area contributed by atoms with Crippen molar-refractivity contribution < 1.29 is 30.4 Å². The van der Waals surface area contributed by atoms with Gasteiger partial charge in [0, 0.05) is 0 Å².